The minimum absolute atomic E-state index is 0.137. The van der Waals surface area contributed by atoms with E-state index in [1.165, 1.54) is 25.7 Å². The van der Waals surface area contributed by atoms with Gasteiger partial charge in [-0.15, -0.1) is 11.6 Å². The summed E-state index contributed by atoms with van der Waals surface area (Å²) in [5.74, 6) is 0. The van der Waals surface area contributed by atoms with E-state index in [2.05, 4.69) is 22.6 Å². The van der Waals surface area contributed by atoms with Crippen LogP contribution in [-0.2, 0) is 0 Å². The van der Waals surface area contributed by atoms with Gasteiger partial charge in [0, 0.05) is 0 Å². The molecule has 1 aliphatic carbocycles. The molecule has 1 aliphatic rings. The van der Waals surface area contributed by atoms with Crippen LogP contribution in [0.25, 0.3) is 0 Å². The average molecular weight is 230 g/mol. The molecule has 1 fully saturated rings. The zero-order chi connectivity index (χ0) is 5.33. The Bertz CT molecular complexity index is 62.5. The number of alkyl halides is 2. The van der Waals surface area contributed by atoms with Crippen LogP contribution in [0.15, 0.2) is 0 Å². The maximum Gasteiger partial charge on any atom is 0.0957 e. The van der Waals surface area contributed by atoms with Crippen molar-refractivity contribution in [3.05, 3.63) is 0 Å². The monoisotopic (exact) mass is 230 g/mol. The Kier molecular flexibility index (Phi) is 1.84. The van der Waals surface area contributed by atoms with E-state index >= 15 is 0 Å². The first-order valence-electron chi connectivity index (χ1n) is 2.59. The van der Waals surface area contributed by atoms with E-state index in [9.17, 15) is 0 Å². The first-order chi connectivity index (χ1) is 3.21. The van der Waals surface area contributed by atoms with Gasteiger partial charge in [0.05, 0.1) is 2.88 Å². The quantitative estimate of drug-likeness (QED) is 0.443. The van der Waals surface area contributed by atoms with Crippen molar-refractivity contribution < 1.29 is 0 Å². The summed E-state index contributed by atoms with van der Waals surface area (Å²) in [6, 6.07) is 0. The van der Waals surface area contributed by atoms with Crippen LogP contribution in [0.4, 0.5) is 0 Å². The van der Waals surface area contributed by atoms with Gasteiger partial charge in [-0.05, 0) is 12.8 Å². The van der Waals surface area contributed by atoms with Crippen molar-refractivity contribution in [1.29, 1.82) is 0 Å². The molecule has 0 aliphatic heterocycles. The Labute approximate surface area is 62.8 Å². The highest BCUT2D eigenvalue weighted by Gasteiger charge is 2.26. The summed E-state index contributed by atoms with van der Waals surface area (Å²) in [6.45, 7) is 0. The lowest BCUT2D eigenvalue weighted by Crippen LogP contribution is -2.01. The molecule has 1 rings (SSSR count). The van der Waals surface area contributed by atoms with E-state index < -0.39 is 0 Å². The molecule has 0 N–H and O–H groups in total. The minimum atomic E-state index is 0.137. The van der Waals surface area contributed by atoms with E-state index in [0.29, 0.717) is 0 Å². The van der Waals surface area contributed by atoms with E-state index in [0.717, 1.165) is 0 Å². The Morgan fingerprint density at radius 1 is 1.29 bits per heavy atom. The SMILES string of the molecule is ClC1(I)CCCC1. The molecule has 42 valence electrons. The van der Waals surface area contributed by atoms with Crippen molar-refractivity contribution in [1.82, 2.24) is 0 Å². The third kappa shape index (κ3) is 1.76. The van der Waals surface area contributed by atoms with Crippen LogP contribution in [0.2, 0.25) is 0 Å². The molecule has 7 heavy (non-hydrogen) atoms. The molecule has 0 aromatic carbocycles. The van der Waals surface area contributed by atoms with E-state index in [4.69, 9.17) is 11.6 Å². The molecule has 0 spiro atoms. The fourth-order valence-corrected chi connectivity index (χ4v) is 1.92. The first-order valence-corrected chi connectivity index (χ1v) is 4.04. The van der Waals surface area contributed by atoms with Gasteiger partial charge in [0.15, 0.2) is 0 Å². The summed E-state index contributed by atoms with van der Waals surface area (Å²) in [4.78, 5) is 0. The van der Waals surface area contributed by atoms with Crippen LogP contribution in [0, 0.1) is 0 Å². The molecule has 0 unspecified atom stereocenters. The standard InChI is InChI=1S/C5H8ClI/c6-5(7)3-1-2-4-5/h1-4H2. The second-order valence-corrected chi connectivity index (χ2v) is 5.49. The Morgan fingerprint density at radius 2 is 1.71 bits per heavy atom. The van der Waals surface area contributed by atoms with Crippen molar-refractivity contribution in [3.8, 4) is 0 Å². The van der Waals surface area contributed by atoms with Crippen molar-refractivity contribution >= 4 is 34.2 Å². The molecule has 2 heteroatoms. The molecular weight excluding hydrogens is 222 g/mol. The van der Waals surface area contributed by atoms with Crippen LogP contribution < -0.4 is 0 Å². The van der Waals surface area contributed by atoms with Crippen LogP contribution >= 0.6 is 34.2 Å². The van der Waals surface area contributed by atoms with Crippen molar-refractivity contribution in [3.63, 3.8) is 0 Å². The maximum atomic E-state index is 5.95. The minimum Gasteiger partial charge on any atom is -0.108 e. The predicted octanol–water partition coefficient (Wildman–Crippen LogP) is 2.93. The second-order valence-electron chi connectivity index (χ2n) is 2.06. The van der Waals surface area contributed by atoms with Gasteiger partial charge in [-0.25, -0.2) is 0 Å². The lowest BCUT2D eigenvalue weighted by Gasteiger charge is -2.07. The van der Waals surface area contributed by atoms with Gasteiger partial charge in [0.1, 0.15) is 0 Å². The molecule has 0 radical (unpaired) electrons. The number of halogens is 2. The van der Waals surface area contributed by atoms with Gasteiger partial charge in [-0.2, -0.15) is 0 Å². The largest absolute Gasteiger partial charge is 0.108 e. The molecular formula is C5H8ClI. The fourth-order valence-electron chi connectivity index (χ4n) is 0.892. The molecule has 0 heterocycles. The molecule has 0 saturated heterocycles. The molecule has 0 aromatic heterocycles. The van der Waals surface area contributed by atoms with Gasteiger partial charge < -0.3 is 0 Å². The molecule has 0 atom stereocenters. The van der Waals surface area contributed by atoms with Crippen LogP contribution in [0.1, 0.15) is 25.7 Å². The normalized spacial score (nSPS) is 28.3. The van der Waals surface area contributed by atoms with Crippen LogP contribution in [-0.4, -0.2) is 2.88 Å². The molecule has 1 saturated carbocycles. The summed E-state index contributed by atoms with van der Waals surface area (Å²) in [5, 5.41) is 0. The highest BCUT2D eigenvalue weighted by molar-refractivity contribution is 14.1. The van der Waals surface area contributed by atoms with E-state index in [-0.39, 0.29) is 2.88 Å². The lowest BCUT2D eigenvalue weighted by atomic mass is 10.4. The molecule has 0 aromatic rings. The lowest BCUT2D eigenvalue weighted by molar-refractivity contribution is 0.866. The van der Waals surface area contributed by atoms with E-state index in [1.54, 1.807) is 0 Å². The zero-order valence-corrected chi connectivity index (χ0v) is 7.00. The van der Waals surface area contributed by atoms with Gasteiger partial charge in [0.25, 0.3) is 0 Å². The summed E-state index contributed by atoms with van der Waals surface area (Å²) >= 11 is 8.29. The van der Waals surface area contributed by atoms with Gasteiger partial charge in [-0.1, -0.05) is 35.4 Å². The van der Waals surface area contributed by atoms with Crippen molar-refractivity contribution in [2.24, 2.45) is 0 Å². The molecule has 0 bridgehead atoms. The Balaban J connectivity index is 2.40. The topological polar surface area (TPSA) is 0 Å². The summed E-state index contributed by atoms with van der Waals surface area (Å²) in [5.41, 5.74) is 0. The van der Waals surface area contributed by atoms with Crippen molar-refractivity contribution in [2.75, 3.05) is 0 Å². The smallest absolute Gasteiger partial charge is 0.0957 e. The summed E-state index contributed by atoms with van der Waals surface area (Å²) in [6.07, 6.45) is 5.06. The second kappa shape index (κ2) is 2.09. The maximum absolute atomic E-state index is 5.95. The fraction of sp³-hybridized carbons (Fsp3) is 1.00. The Hall–Kier alpha value is 1.02. The first kappa shape index (κ1) is 6.14. The van der Waals surface area contributed by atoms with Gasteiger partial charge in [-0.3, -0.25) is 0 Å². The number of hydrogen-bond acceptors (Lipinski definition) is 0. The highest BCUT2D eigenvalue weighted by atomic mass is 127. The van der Waals surface area contributed by atoms with Crippen LogP contribution in [0.3, 0.4) is 0 Å². The summed E-state index contributed by atoms with van der Waals surface area (Å²) in [7, 11) is 0. The van der Waals surface area contributed by atoms with E-state index in [1.807, 2.05) is 0 Å². The molecule has 0 nitrogen and oxygen atoms in total. The predicted molar refractivity (Wildman–Crippen MR) is 41.1 cm³/mol. The number of hydrogen-bond donors (Lipinski definition) is 0. The third-order valence-electron chi connectivity index (χ3n) is 1.34. The molecule has 0 amide bonds. The average Bonchev–Trinajstić information content (AvgIpc) is 1.84. The Morgan fingerprint density at radius 3 is 1.86 bits per heavy atom. The summed E-state index contributed by atoms with van der Waals surface area (Å²) < 4.78 is 0.137. The van der Waals surface area contributed by atoms with Crippen LogP contribution in [0.5, 0.6) is 0 Å². The third-order valence-corrected chi connectivity index (χ3v) is 2.79. The van der Waals surface area contributed by atoms with Gasteiger partial charge >= 0.3 is 0 Å². The number of rotatable bonds is 0. The van der Waals surface area contributed by atoms with Crippen molar-refractivity contribution in [2.45, 2.75) is 28.6 Å². The zero-order valence-electron chi connectivity index (χ0n) is 4.08. The highest BCUT2D eigenvalue weighted by Crippen LogP contribution is 2.41. The van der Waals surface area contributed by atoms with Gasteiger partial charge in [0.2, 0.25) is 0 Å².